The number of fused-ring (bicyclic) bond motifs is 1. The number of hydrogen-bond donors (Lipinski definition) is 1. The van der Waals surface area contributed by atoms with Gasteiger partial charge in [0.25, 0.3) is 10.2 Å². The smallest absolute Gasteiger partial charge is 0.272 e. The van der Waals surface area contributed by atoms with Crippen LogP contribution < -0.4 is 4.72 Å². The van der Waals surface area contributed by atoms with Crippen LogP contribution in [-0.2, 0) is 30.2 Å². The van der Waals surface area contributed by atoms with Crippen molar-refractivity contribution in [2.75, 3.05) is 7.05 Å². The Bertz CT molecular complexity index is 815. The molecule has 6 nitrogen and oxygen atoms in total. The molecule has 7 heteroatoms. The Morgan fingerprint density at radius 2 is 2.04 bits per heavy atom. The van der Waals surface area contributed by atoms with Gasteiger partial charge in [-0.2, -0.15) is 22.5 Å². The highest BCUT2D eigenvalue weighted by Crippen LogP contribution is 2.32. The fourth-order valence-electron chi connectivity index (χ4n) is 3.40. The standard InChI is InChI=1S/C17H24N4O2S/c1-13-17-15(10-7-11-16(17)21(3)18-13)19-24(22,23)20(2)12-14-8-5-4-6-9-14/h4-6,8-9,15,19H,7,10-12H2,1-3H3. The first-order valence-corrected chi connectivity index (χ1v) is 9.62. The number of aryl methyl sites for hydroxylation is 2. The number of benzene rings is 1. The summed E-state index contributed by atoms with van der Waals surface area (Å²) in [5.74, 6) is 0. The number of hydrogen-bond acceptors (Lipinski definition) is 3. The minimum absolute atomic E-state index is 0.203. The quantitative estimate of drug-likeness (QED) is 0.899. The van der Waals surface area contributed by atoms with Gasteiger partial charge in [-0.1, -0.05) is 30.3 Å². The summed E-state index contributed by atoms with van der Waals surface area (Å²) in [6.45, 7) is 2.29. The Morgan fingerprint density at radius 3 is 2.75 bits per heavy atom. The van der Waals surface area contributed by atoms with Crippen molar-refractivity contribution in [1.82, 2.24) is 18.8 Å². The Kier molecular flexibility index (Phi) is 4.76. The maximum atomic E-state index is 12.7. The molecular formula is C17H24N4O2S. The molecule has 0 aliphatic heterocycles. The Labute approximate surface area is 143 Å². The van der Waals surface area contributed by atoms with E-state index in [4.69, 9.17) is 0 Å². The molecule has 0 spiro atoms. The summed E-state index contributed by atoms with van der Waals surface area (Å²) in [4.78, 5) is 0. The molecule has 0 fully saturated rings. The molecule has 130 valence electrons. The molecule has 1 aromatic carbocycles. The lowest BCUT2D eigenvalue weighted by atomic mass is 9.92. The second-order valence-electron chi connectivity index (χ2n) is 6.38. The molecule has 3 rings (SSSR count). The summed E-state index contributed by atoms with van der Waals surface area (Å²) < 4.78 is 31.5. The van der Waals surface area contributed by atoms with E-state index in [0.29, 0.717) is 6.54 Å². The summed E-state index contributed by atoms with van der Waals surface area (Å²) in [5, 5.41) is 4.45. The van der Waals surface area contributed by atoms with Gasteiger partial charge in [-0.05, 0) is 31.7 Å². The van der Waals surface area contributed by atoms with Crippen molar-refractivity contribution in [2.24, 2.45) is 7.05 Å². The van der Waals surface area contributed by atoms with E-state index in [0.717, 1.165) is 41.8 Å². The molecule has 1 aromatic heterocycles. The van der Waals surface area contributed by atoms with E-state index in [2.05, 4.69) is 9.82 Å². The van der Waals surface area contributed by atoms with Gasteiger partial charge in [-0.25, -0.2) is 0 Å². The van der Waals surface area contributed by atoms with Crippen LogP contribution in [0.3, 0.4) is 0 Å². The monoisotopic (exact) mass is 348 g/mol. The molecule has 2 aromatic rings. The van der Waals surface area contributed by atoms with Gasteiger partial charge in [0, 0.05) is 31.9 Å². The Morgan fingerprint density at radius 1 is 1.33 bits per heavy atom. The minimum Gasteiger partial charge on any atom is -0.272 e. The van der Waals surface area contributed by atoms with Crippen LogP contribution in [0.5, 0.6) is 0 Å². The molecule has 1 atom stereocenters. The second-order valence-corrected chi connectivity index (χ2v) is 8.19. The number of nitrogens with one attached hydrogen (secondary N) is 1. The van der Waals surface area contributed by atoms with E-state index in [1.165, 1.54) is 4.31 Å². The van der Waals surface area contributed by atoms with Crippen LogP contribution in [0, 0.1) is 6.92 Å². The third-order valence-electron chi connectivity index (χ3n) is 4.60. The van der Waals surface area contributed by atoms with Crippen molar-refractivity contribution in [3.8, 4) is 0 Å². The average Bonchev–Trinajstić information content (AvgIpc) is 2.83. The largest absolute Gasteiger partial charge is 0.280 e. The van der Waals surface area contributed by atoms with Gasteiger partial charge in [0.15, 0.2) is 0 Å². The molecule has 1 aliphatic carbocycles. The lowest BCUT2D eigenvalue weighted by molar-refractivity contribution is 0.430. The highest BCUT2D eigenvalue weighted by Gasteiger charge is 2.30. The zero-order valence-corrected chi connectivity index (χ0v) is 15.2. The molecule has 0 radical (unpaired) electrons. The molecule has 0 bridgehead atoms. The van der Waals surface area contributed by atoms with Gasteiger partial charge < -0.3 is 0 Å². The lowest BCUT2D eigenvalue weighted by Gasteiger charge is -2.27. The van der Waals surface area contributed by atoms with E-state index in [1.54, 1.807) is 7.05 Å². The van der Waals surface area contributed by atoms with Crippen LogP contribution in [0.25, 0.3) is 0 Å². The van der Waals surface area contributed by atoms with E-state index in [9.17, 15) is 8.42 Å². The van der Waals surface area contributed by atoms with Gasteiger partial charge in [0.2, 0.25) is 0 Å². The van der Waals surface area contributed by atoms with Crippen molar-refractivity contribution >= 4 is 10.2 Å². The fourth-order valence-corrected chi connectivity index (χ4v) is 4.50. The summed E-state index contributed by atoms with van der Waals surface area (Å²) in [5.41, 5.74) is 4.05. The molecule has 24 heavy (non-hydrogen) atoms. The predicted octanol–water partition coefficient (Wildman–Crippen LogP) is 2.07. The number of aromatic nitrogens is 2. The zero-order valence-electron chi connectivity index (χ0n) is 14.4. The first-order chi connectivity index (χ1) is 11.4. The maximum absolute atomic E-state index is 12.7. The van der Waals surface area contributed by atoms with Crippen molar-refractivity contribution in [2.45, 2.75) is 38.8 Å². The van der Waals surface area contributed by atoms with Gasteiger partial charge >= 0.3 is 0 Å². The highest BCUT2D eigenvalue weighted by atomic mass is 32.2. The van der Waals surface area contributed by atoms with E-state index in [-0.39, 0.29) is 6.04 Å². The van der Waals surface area contributed by atoms with Crippen LogP contribution in [0.1, 0.15) is 41.4 Å². The van der Waals surface area contributed by atoms with Crippen LogP contribution in [0.15, 0.2) is 30.3 Å². The van der Waals surface area contributed by atoms with Crippen LogP contribution in [0.4, 0.5) is 0 Å². The SMILES string of the molecule is Cc1nn(C)c2c1C(NS(=O)(=O)N(C)Cc1ccccc1)CCC2. The highest BCUT2D eigenvalue weighted by molar-refractivity contribution is 7.87. The van der Waals surface area contributed by atoms with Crippen molar-refractivity contribution in [3.05, 3.63) is 52.8 Å². The van der Waals surface area contributed by atoms with Crippen LogP contribution in [-0.4, -0.2) is 29.6 Å². The molecule has 1 heterocycles. The van der Waals surface area contributed by atoms with Crippen LogP contribution >= 0.6 is 0 Å². The van der Waals surface area contributed by atoms with E-state index < -0.39 is 10.2 Å². The van der Waals surface area contributed by atoms with Gasteiger partial charge in [-0.3, -0.25) is 4.68 Å². The molecule has 0 saturated carbocycles. The predicted molar refractivity (Wildman–Crippen MR) is 93.6 cm³/mol. The minimum atomic E-state index is -3.56. The van der Waals surface area contributed by atoms with Crippen molar-refractivity contribution in [1.29, 1.82) is 0 Å². The van der Waals surface area contributed by atoms with Gasteiger partial charge in [0.05, 0.1) is 11.7 Å². The fraction of sp³-hybridized carbons (Fsp3) is 0.471. The second kappa shape index (κ2) is 6.66. The Hall–Kier alpha value is -1.70. The summed E-state index contributed by atoms with van der Waals surface area (Å²) >= 11 is 0. The van der Waals surface area contributed by atoms with Crippen molar-refractivity contribution in [3.63, 3.8) is 0 Å². The summed E-state index contributed by atoms with van der Waals surface area (Å²) in [7, 11) is -0.0348. The molecule has 1 aliphatic rings. The van der Waals surface area contributed by atoms with E-state index >= 15 is 0 Å². The normalized spacial score (nSPS) is 17.9. The summed E-state index contributed by atoms with van der Waals surface area (Å²) in [6.07, 6.45) is 2.71. The topological polar surface area (TPSA) is 67.2 Å². The third kappa shape index (κ3) is 3.38. The first-order valence-electron chi connectivity index (χ1n) is 8.18. The molecule has 0 amide bonds. The molecule has 1 N–H and O–H groups in total. The number of rotatable bonds is 5. The van der Waals surface area contributed by atoms with Crippen molar-refractivity contribution < 1.29 is 8.42 Å². The van der Waals surface area contributed by atoms with Gasteiger partial charge in [0.1, 0.15) is 0 Å². The molecular weight excluding hydrogens is 324 g/mol. The van der Waals surface area contributed by atoms with E-state index in [1.807, 2.05) is 49.0 Å². The first kappa shape index (κ1) is 17.1. The lowest BCUT2D eigenvalue weighted by Crippen LogP contribution is -2.40. The average molecular weight is 348 g/mol. The molecule has 1 unspecified atom stereocenters. The summed E-state index contributed by atoms with van der Waals surface area (Å²) in [6, 6.07) is 9.40. The zero-order chi connectivity index (χ0) is 17.3. The molecule has 0 saturated heterocycles. The van der Waals surface area contributed by atoms with Crippen LogP contribution in [0.2, 0.25) is 0 Å². The van der Waals surface area contributed by atoms with Gasteiger partial charge in [-0.15, -0.1) is 0 Å². The number of nitrogens with zero attached hydrogens (tertiary/aromatic N) is 3. The Balaban J connectivity index is 1.78. The maximum Gasteiger partial charge on any atom is 0.280 e. The third-order valence-corrected chi connectivity index (χ3v) is 6.13.